The monoisotopic (exact) mass is 299 g/mol. The number of nitrogens with zero attached hydrogens (tertiary/aromatic N) is 3. The number of rotatable bonds is 4. The fourth-order valence-electron chi connectivity index (χ4n) is 3.11. The van der Waals surface area contributed by atoms with Crippen LogP contribution in [0.25, 0.3) is 0 Å². The summed E-state index contributed by atoms with van der Waals surface area (Å²) in [7, 11) is 0. The van der Waals surface area contributed by atoms with E-state index in [2.05, 4.69) is 27.0 Å². The molecule has 0 aliphatic carbocycles. The molecule has 0 spiro atoms. The van der Waals surface area contributed by atoms with E-state index < -0.39 is 0 Å². The average Bonchev–Trinajstić information content (AvgIpc) is 2.97. The maximum absolute atomic E-state index is 11.7. The van der Waals surface area contributed by atoms with E-state index in [1.54, 1.807) is 0 Å². The minimum Gasteiger partial charge on any atom is -0.369 e. The van der Waals surface area contributed by atoms with E-state index in [-0.39, 0.29) is 17.9 Å². The van der Waals surface area contributed by atoms with Gasteiger partial charge in [0.2, 0.25) is 5.91 Å². The summed E-state index contributed by atoms with van der Waals surface area (Å²) in [5.74, 6) is 1.19. The summed E-state index contributed by atoms with van der Waals surface area (Å²) in [4.78, 5) is 18.5. The molecule has 2 heterocycles. The molecule has 0 bridgehead atoms. The highest BCUT2D eigenvalue weighted by Gasteiger charge is 2.33. The maximum Gasteiger partial charge on any atom is 0.225 e. The van der Waals surface area contributed by atoms with Gasteiger partial charge >= 0.3 is 0 Å². The van der Waals surface area contributed by atoms with Gasteiger partial charge in [0.25, 0.3) is 0 Å². The number of fused-ring (bicyclic) bond motifs is 1. The van der Waals surface area contributed by atoms with E-state index in [4.69, 9.17) is 5.73 Å². The molecule has 1 amide bonds. The van der Waals surface area contributed by atoms with Crippen molar-refractivity contribution >= 4 is 11.6 Å². The van der Waals surface area contributed by atoms with Crippen LogP contribution in [0.3, 0.4) is 0 Å². The fraction of sp³-hybridized carbons (Fsp3) is 0.438. The highest BCUT2D eigenvalue weighted by Crippen LogP contribution is 2.38. The van der Waals surface area contributed by atoms with E-state index in [0.29, 0.717) is 6.54 Å². The van der Waals surface area contributed by atoms with Crippen LogP contribution < -0.4 is 10.6 Å². The molecule has 6 heteroatoms. The van der Waals surface area contributed by atoms with Gasteiger partial charge in [-0.3, -0.25) is 9.89 Å². The minimum atomic E-state index is -0.258. The van der Waals surface area contributed by atoms with Gasteiger partial charge in [-0.1, -0.05) is 25.1 Å². The van der Waals surface area contributed by atoms with Gasteiger partial charge in [0.1, 0.15) is 5.82 Å². The number of benzene rings is 1. The first-order chi connectivity index (χ1) is 10.6. The largest absolute Gasteiger partial charge is 0.369 e. The third-order valence-corrected chi connectivity index (χ3v) is 4.29. The van der Waals surface area contributed by atoms with Crippen LogP contribution in [0, 0.1) is 0 Å². The fourth-order valence-corrected chi connectivity index (χ4v) is 3.11. The smallest absolute Gasteiger partial charge is 0.225 e. The normalized spacial score (nSPS) is 20.7. The molecule has 116 valence electrons. The van der Waals surface area contributed by atoms with Crippen molar-refractivity contribution in [3.63, 3.8) is 0 Å². The number of nitrogens with two attached hydrogens (primary N) is 1. The second kappa shape index (κ2) is 5.79. The summed E-state index contributed by atoms with van der Waals surface area (Å²) in [5.41, 5.74) is 7.64. The number of para-hydroxylation sites is 1. The highest BCUT2D eigenvalue weighted by molar-refractivity contribution is 5.85. The summed E-state index contributed by atoms with van der Waals surface area (Å²) < 4.78 is 0. The number of primary amides is 1. The van der Waals surface area contributed by atoms with Gasteiger partial charge in [0.05, 0.1) is 12.5 Å². The van der Waals surface area contributed by atoms with Crippen LogP contribution >= 0.6 is 0 Å². The number of hydrogen-bond donors (Lipinski definition) is 2. The molecule has 1 aromatic heterocycles. The zero-order chi connectivity index (χ0) is 15.7. The first-order valence-corrected chi connectivity index (χ1v) is 7.65. The van der Waals surface area contributed by atoms with Crippen LogP contribution in [-0.4, -0.2) is 27.1 Å². The molecule has 3 N–H and O–H groups in total. The van der Waals surface area contributed by atoms with Gasteiger partial charge in [-0.25, -0.2) is 4.98 Å². The molecule has 1 aliphatic rings. The number of carbonyl (C=O) groups excluding carboxylic acids is 1. The summed E-state index contributed by atoms with van der Waals surface area (Å²) in [6.45, 7) is 4.79. The molecule has 1 aliphatic heterocycles. The third-order valence-electron chi connectivity index (χ3n) is 4.29. The molecule has 22 heavy (non-hydrogen) atoms. The number of hydrogen-bond acceptors (Lipinski definition) is 4. The van der Waals surface area contributed by atoms with Gasteiger partial charge in [-0.05, 0) is 25.0 Å². The number of amides is 1. The highest BCUT2D eigenvalue weighted by atomic mass is 16.1. The third kappa shape index (κ3) is 2.56. The van der Waals surface area contributed by atoms with E-state index in [1.807, 2.05) is 31.2 Å². The van der Waals surface area contributed by atoms with E-state index in [9.17, 15) is 4.79 Å². The summed E-state index contributed by atoms with van der Waals surface area (Å²) in [5, 5.41) is 7.18. The van der Waals surface area contributed by atoms with Crippen molar-refractivity contribution in [2.24, 2.45) is 5.73 Å². The predicted molar refractivity (Wildman–Crippen MR) is 84.4 cm³/mol. The molecule has 3 rings (SSSR count). The minimum absolute atomic E-state index is 0.211. The quantitative estimate of drug-likeness (QED) is 0.900. The Morgan fingerprint density at radius 3 is 2.91 bits per heavy atom. The lowest BCUT2D eigenvalue weighted by atomic mass is 9.85. The second-order valence-electron chi connectivity index (χ2n) is 5.78. The van der Waals surface area contributed by atoms with E-state index in [1.165, 1.54) is 0 Å². The van der Waals surface area contributed by atoms with Gasteiger partial charge in [-0.2, -0.15) is 5.10 Å². The van der Waals surface area contributed by atoms with Gasteiger partial charge in [0.15, 0.2) is 5.82 Å². The van der Waals surface area contributed by atoms with Crippen molar-refractivity contribution < 1.29 is 4.79 Å². The van der Waals surface area contributed by atoms with Crippen LogP contribution in [0.15, 0.2) is 24.3 Å². The molecule has 0 saturated carbocycles. The van der Waals surface area contributed by atoms with Crippen molar-refractivity contribution in [2.75, 3.05) is 4.90 Å². The molecular formula is C16H21N5O. The Morgan fingerprint density at radius 2 is 2.23 bits per heavy atom. The first-order valence-electron chi connectivity index (χ1n) is 7.65. The Balaban J connectivity index is 1.93. The summed E-state index contributed by atoms with van der Waals surface area (Å²) >= 11 is 0. The number of aryl methyl sites for hydroxylation is 1. The lowest BCUT2D eigenvalue weighted by Crippen LogP contribution is -2.41. The molecule has 2 aromatic rings. The summed E-state index contributed by atoms with van der Waals surface area (Å²) in [6.07, 6.45) is 1.54. The molecule has 1 aromatic carbocycles. The Hall–Kier alpha value is -2.37. The number of anilines is 1. The zero-order valence-electron chi connectivity index (χ0n) is 12.9. The van der Waals surface area contributed by atoms with E-state index >= 15 is 0 Å². The number of aromatic amines is 1. The molecule has 0 unspecified atom stereocenters. The standard InChI is InChI=1S/C16H21N5O/c1-3-14-18-15(20-19-14)9-21-10(2)8-12(16(17)22)11-6-4-5-7-13(11)21/h4-7,10,12H,3,8-9H2,1-2H3,(H2,17,22)(H,18,19,20)/t10-,12+/m1/s1. The predicted octanol–water partition coefficient (Wildman–Crippen LogP) is 1.73. The molecular weight excluding hydrogens is 278 g/mol. The number of carbonyl (C=O) groups is 1. The first kappa shape index (κ1) is 14.6. The maximum atomic E-state index is 11.7. The number of nitrogens with one attached hydrogen (secondary N) is 1. The van der Waals surface area contributed by atoms with Crippen molar-refractivity contribution in [1.82, 2.24) is 15.2 Å². The van der Waals surface area contributed by atoms with Gasteiger partial charge in [-0.15, -0.1) is 0 Å². The lowest BCUT2D eigenvalue weighted by molar-refractivity contribution is -0.119. The second-order valence-corrected chi connectivity index (χ2v) is 5.78. The Bertz CT molecular complexity index is 681. The molecule has 0 radical (unpaired) electrons. The zero-order valence-corrected chi connectivity index (χ0v) is 12.9. The van der Waals surface area contributed by atoms with Crippen LogP contribution in [0.2, 0.25) is 0 Å². The van der Waals surface area contributed by atoms with Crippen molar-refractivity contribution in [3.05, 3.63) is 41.5 Å². The number of H-pyrrole nitrogens is 1. The van der Waals surface area contributed by atoms with Gasteiger partial charge < -0.3 is 10.6 Å². The number of aromatic nitrogens is 3. The molecule has 0 saturated heterocycles. The Morgan fingerprint density at radius 1 is 1.45 bits per heavy atom. The molecule has 0 fully saturated rings. The topological polar surface area (TPSA) is 87.9 Å². The van der Waals surface area contributed by atoms with Crippen molar-refractivity contribution in [3.8, 4) is 0 Å². The SMILES string of the molecule is CCc1n[nH]c(CN2c3ccccc3[C@@H](C(N)=O)C[C@H]2C)n1. The van der Waals surface area contributed by atoms with Crippen LogP contribution in [0.5, 0.6) is 0 Å². The Kier molecular flexibility index (Phi) is 3.83. The van der Waals surface area contributed by atoms with Crippen molar-refractivity contribution in [1.29, 1.82) is 0 Å². The van der Waals surface area contributed by atoms with Crippen molar-refractivity contribution in [2.45, 2.75) is 45.2 Å². The van der Waals surface area contributed by atoms with Crippen LogP contribution in [-0.2, 0) is 17.8 Å². The van der Waals surface area contributed by atoms with Crippen LogP contribution in [0.4, 0.5) is 5.69 Å². The van der Waals surface area contributed by atoms with Crippen LogP contribution in [0.1, 0.15) is 43.4 Å². The summed E-state index contributed by atoms with van der Waals surface area (Å²) in [6, 6.07) is 8.17. The Labute approximate surface area is 129 Å². The molecule has 2 atom stereocenters. The lowest BCUT2D eigenvalue weighted by Gasteiger charge is -2.39. The molecule has 6 nitrogen and oxygen atoms in total. The van der Waals surface area contributed by atoms with Gasteiger partial charge in [0, 0.05) is 18.2 Å². The average molecular weight is 299 g/mol. The van der Waals surface area contributed by atoms with E-state index in [0.717, 1.165) is 35.7 Å².